The molecule has 0 saturated heterocycles. The van der Waals surface area contributed by atoms with Crippen LogP contribution in [0.1, 0.15) is 84.5 Å². The fourth-order valence-corrected chi connectivity index (χ4v) is 6.05. The molecule has 0 aliphatic heterocycles. The minimum atomic E-state index is -0.592. The summed E-state index contributed by atoms with van der Waals surface area (Å²) in [5, 5.41) is 0. The topological polar surface area (TPSA) is 44.2 Å². The standard InChI is InChI=1S/C28H46N2O2Si/c1-5-7-9-10-11-12-19-32-27-22-29-23-30-28(27)24-15-13-16-25(21-24)31-20-14-18-26(33(3)4)17-8-6-2/h13,15-16,21-23,26,33H,5-12,14,17-20H2,1-4H3. The van der Waals surface area contributed by atoms with Crippen molar-refractivity contribution in [1.29, 1.82) is 0 Å². The zero-order valence-corrected chi connectivity index (χ0v) is 22.7. The number of benzene rings is 1. The second-order valence-electron chi connectivity index (χ2n) is 9.52. The summed E-state index contributed by atoms with van der Waals surface area (Å²) in [7, 11) is -0.592. The quantitative estimate of drug-likeness (QED) is 0.163. The monoisotopic (exact) mass is 470 g/mol. The average molecular weight is 471 g/mol. The van der Waals surface area contributed by atoms with E-state index in [2.05, 4.69) is 49.0 Å². The molecule has 4 nitrogen and oxygen atoms in total. The molecule has 0 spiro atoms. The van der Waals surface area contributed by atoms with E-state index in [4.69, 9.17) is 9.47 Å². The maximum Gasteiger partial charge on any atom is 0.163 e. The molecule has 33 heavy (non-hydrogen) atoms. The number of ether oxygens (including phenoxy) is 2. The van der Waals surface area contributed by atoms with Crippen LogP contribution in [0, 0.1) is 0 Å². The van der Waals surface area contributed by atoms with Crippen LogP contribution in [0.5, 0.6) is 11.5 Å². The molecule has 184 valence electrons. The van der Waals surface area contributed by atoms with E-state index in [-0.39, 0.29) is 0 Å². The van der Waals surface area contributed by atoms with E-state index in [0.29, 0.717) is 6.61 Å². The first-order valence-corrected chi connectivity index (χ1v) is 16.3. The summed E-state index contributed by atoms with van der Waals surface area (Å²) in [6, 6.07) is 8.21. The van der Waals surface area contributed by atoms with Gasteiger partial charge in [0.25, 0.3) is 0 Å². The molecule has 1 unspecified atom stereocenters. The highest BCUT2D eigenvalue weighted by Gasteiger charge is 2.14. The maximum absolute atomic E-state index is 6.12. The van der Waals surface area contributed by atoms with Crippen molar-refractivity contribution in [2.75, 3.05) is 13.2 Å². The Bertz CT molecular complexity index is 769. The largest absolute Gasteiger partial charge is 0.494 e. The van der Waals surface area contributed by atoms with Gasteiger partial charge in [-0.25, -0.2) is 9.97 Å². The first-order valence-electron chi connectivity index (χ1n) is 13.3. The van der Waals surface area contributed by atoms with Crippen LogP contribution in [0.25, 0.3) is 11.3 Å². The summed E-state index contributed by atoms with van der Waals surface area (Å²) >= 11 is 0. The van der Waals surface area contributed by atoms with Crippen molar-refractivity contribution >= 4 is 8.80 Å². The van der Waals surface area contributed by atoms with Gasteiger partial charge < -0.3 is 9.47 Å². The van der Waals surface area contributed by atoms with Gasteiger partial charge in [-0.05, 0) is 36.9 Å². The molecule has 0 N–H and O–H groups in total. The van der Waals surface area contributed by atoms with Crippen LogP contribution in [0.4, 0.5) is 0 Å². The zero-order valence-electron chi connectivity index (χ0n) is 21.5. The minimum absolute atomic E-state index is 0.592. The van der Waals surface area contributed by atoms with E-state index in [9.17, 15) is 0 Å². The van der Waals surface area contributed by atoms with Gasteiger partial charge in [-0.15, -0.1) is 0 Å². The minimum Gasteiger partial charge on any atom is -0.494 e. The molecule has 0 saturated carbocycles. The van der Waals surface area contributed by atoms with Gasteiger partial charge in [-0.3, -0.25) is 0 Å². The van der Waals surface area contributed by atoms with E-state index < -0.39 is 8.80 Å². The molecule has 1 atom stereocenters. The summed E-state index contributed by atoms with van der Waals surface area (Å²) in [5.74, 6) is 1.66. The van der Waals surface area contributed by atoms with Crippen molar-refractivity contribution < 1.29 is 9.47 Å². The number of hydrogen-bond acceptors (Lipinski definition) is 4. The van der Waals surface area contributed by atoms with Gasteiger partial charge in [0, 0.05) is 14.4 Å². The van der Waals surface area contributed by atoms with Crippen LogP contribution in [-0.2, 0) is 0 Å². The van der Waals surface area contributed by atoms with Crippen molar-refractivity contribution in [1.82, 2.24) is 9.97 Å². The molecular weight excluding hydrogens is 424 g/mol. The van der Waals surface area contributed by atoms with Gasteiger partial charge >= 0.3 is 0 Å². The fraction of sp³-hybridized carbons (Fsp3) is 0.643. The first kappa shape index (κ1) is 27.4. The highest BCUT2D eigenvalue weighted by Crippen LogP contribution is 2.30. The molecule has 1 aromatic carbocycles. The predicted octanol–water partition coefficient (Wildman–Crippen LogP) is 8.09. The molecule has 0 aliphatic rings. The molecule has 2 aromatic rings. The first-order chi connectivity index (χ1) is 16.2. The normalized spacial score (nSPS) is 12.2. The maximum atomic E-state index is 6.12. The van der Waals surface area contributed by atoms with Gasteiger partial charge in [0.05, 0.1) is 19.4 Å². The van der Waals surface area contributed by atoms with Crippen LogP contribution < -0.4 is 9.47 Å². The van der Waals surface area contributed by atoms with Crippen LogP contribution in [0.3, 0.4) is 0 Å². The zero-order chi connectivity index (χ0) is 23.7. The Kier molecular flexibility index (Phi) is 13.8. The van der Waals surface area contributed by atoms with Gasteiger partial charge in [0.1, 0.15) is 17.8 Å². The van der Waals surface area contributed by atoms with Crippen LogP contribution in [-0.4, -0.2) is 32.0 Å². The Balaban J connectivity index is 1.86. The lowest BCUT2D eigenvalue weighted by atomic mass is 10.1. The van der Waals surface area contributed by atoms with Crippen molar-refractivity contribution in [3.63, 3.8) is 0 Å². The van der Waals surface area contributed by atoms with Crippen molar-refractivity contribution in [2.45, 2.75) is 103 Å². The summed E-state index contributed by atoms with van der Waals surface area (Å²) in [6.45, 7) is 11.0. The second-order valence-corrected chi connectivity index (χ2v) is 12.9. The molecule has 0 radical (unpaired) electrons. The number of aromatic nitrogens is 2. The third-order valence-electron chi connectivity index (χ3n) is 6.40. The Morgan fingerprint density at radius 1 is 0.848 bits per heavy atom. The highest BCUT2D eigenvalue weighted by molar-refractivity contribution is 6.57. The van der Waals surface area contributed by atoms with E-state index >= 15 is 0 Å². The van der Waals surface area contributed by atoms with E-state index in [1.165, 1.54) is 57.8 Å². The SMILES string of the molecule is CCCCCCCCOc1cncnc1-c1cccc(OCCCC(CCCC)[SiH](C)C)c1. The molecule has 2 rings (SSSR count). The fourth-order valence-electron chi connectivity index (χ4n) is 4.25. The summed E-state index contributed by atoms with van der Waals surface area (Å²) < 4.78 is 12.2. The van der Waals surface area contributed by atoms with E-state index in [1.807, 2.05) is 12.1 Å². The lowest BCUT2D eigenvalue weighted by Gasteiger charge is -2.19. The van der Waals surface area contributed by atoms with Crippen molar-refractivity contribution in [3.8, 4) is 22.8 Å². The smallest absolute Gasteiger partial charge is 0.163 e. The summed E-state index contributed by atoms with van der Waals surface area (Å²) in [6.07, 6.45) is 17.3. The van der Waals surface area contributed by atoms with Gasteiger partial charge in [-0.2, -0.15) is 0 Å². The summed E-state index contributed by atoms with van der Waals surface area (Å²) in [4.78, 5) is 8.69. The second kappa shape index (κ2) is 16.7. The lowest BCUT2D eigenvalue weighted by molar-refractivity contribution is 0.302. The molecule has 0 bridgehead atoms. The molecule has 1 aromatic heterocycles. The third-order valence-corrected chi connectivity index (χ3v) is 8.95. The number of unbranched alkanes of at least 4 members (excludes halogenated alkanes) is 6. The Morgan fingerprint density at radius 3 is 2.36 bits per heavy atom. The molecular formula is C28H46N2O2Si. The molecule has 0 amide bonds. The Labute approximate surface area is 204 Å². The Hall–Kier alpha value is -1.88. The van der Waals surface area contributed by atoms with Gasteiger partial charge in [-0.1, -0.05) is 90.4 Å². The van der Waals surface area contributed by atoms with Crippen LogP contribution in [0.2, 0.25) is 18.6 Å². The van der Waals surface area contributed by atoms with E-state index in [1.54, 1.807) is 12.5 Å². The predicted molar refractivity (Wildman–Crippen MR) is 143 cm³/mol. The van der Waals surface area contributed by atoms with Gasteiger partial charge in [0.2, 0.25) is 0 Å². The van der Waals surface area contributed by atoms with Crippen molar-refractivity contribution in [3.05, 3.63) is 36.8 Å². The highest BCUT2D eigenvalue weighted by atomic mass is 28.3. The van der Waals surface area contributed by atoms with Crippen LogP contribution >= 0.6 is 0 Å². The average Bonchev–Trinajstić information content (AvgIpc) is 2.83. The van der Waals surface area contributed by atoms with Crippen molar-refractivity contribution in [2.24, 2.45) is 0 Å². The number of rotatable bonds is 18. The van der Waals surface area contributed by atoms with E-state index in [0.717, 1.165) is 47.7 Å². The Morgan fingerprint density at radius 2 is 1.58 bits per heavy atom. The summed E-state index contributed by atoms with van der Waals surface area (Å²) in [5.41, 5.74) is 2.79. The molecule has 0 aliphatic carbocycles. The van der Waals surface area contributed by atoms with Gasteiger partial charge in [0.15, 0.2) is 5.75 Å². The molecule has 5 heteroatoms. The number of hydrogen-bond donors (Lipinski definition) is 0. The molecule has 0 fully saturated rings. The third kappa shape index (κ3) is 10.7. The number of nitrogens with zero attached hydrogens (tertiary/aromatic N) is 2. The van der Waals surface area contributed by atoms with Crippen LogP contribution in [0.15, 0.2) is 36.8 Å². The molecule has 1 heterocycles. The lowest BCUT2D eigenvalue weighted by Crippen LogP contribution is -2.13.